The molecule has 1 aliphatic carbocycles. The third kappa shape index (κ3) is 1.13. The molecule has 0 radical (unpaired) electrons. The summed E-state index contributed by atoms with van der Waals surface area (Å²) in [5, 5.41) is 19.1. The third-order valence-corrected chi connectivity index (χ3v) is 2.43. The molecule has 1 aromatic carbocycles. The van der Waals surface area contributed by atoms with Crippen molar-refractivity contribution < 1.29 is 10.2 Å². The first-order valence-electron chi connectivity index (χ1n) is 4.24. The van der Waals surface area contributed by atoms with E-state index >= 15 is 0 Å². The zero-order valence-electron chi connectivity index (χ0n) is 6.77. The lowest BCUT2D eigenvalue weighted by molar-refractivity contribution is 0.0910. The molecule has 2 atom stereocenters. The van der Waals surface area contributed by atoms with Crippen LogP contribution in [0.3, 0.4) is 0 Å². The minimum Gasteiger partial charge on any atom is -0.388 e. The maximum absolute atomic E-state index is 9.57. The van der Waals surface area contributed by atoms with E-state index in [1.165, 1.54) is 0 Å². The fraction of sp³-hybridized carbons (Fsp3) is 0.400. The minimum atomic E-state index is -0.385. The van der Waals surface area contributed by atoms with E-state index in [0.717, 1.165) is 11.1 Å². The monoisotopic (exact) mass is 164 g/mol. The van der Waals surface area contributed by atoms with Gasteiger partial charge in [-0.1, -0.05) is 24.3 Å². The zero-order valence-corrected chi connectivity index (χ0v) is 6.77. The van der Waals surface area contributed by atoms with Crippen LogP contribution in [0.2, 0.25) is 0 Å². The van der Waals surface area contributed by atoms with E-state index in [4.69, 9.17) is 0 Å². The fourth-order valence-corrected chi connectivity index (χ4v) is 1.74. The van der Waals surface area contributed by atoms with Crippen molar-refractivity contribution in [1.29, 1.82) is 0 Å². The lowest BCUT2D eigenvalue weighted by atomic mass is 9.87. The Labute approximate surface area is 71.5 Å². The first-order chi connectivity index (χ1) is 5.79. The Morgan fingerprint density at radius 3 is 1.75 bits per heavy atom. The van der Waals surface area contributed by atoms with Crippen LogP contribution in [-0.4, -0.2) is 10.2 Å². The molecule has 0 spiro atoms. The number of aliphatic hydroxyl groups excluding tert-OH is 2. The van der Waals surface area contributed by atoms with Crippen LogP contribution < -0.4 is 0 Å². The van der Waals surface area contributed by atoms with E-state index in [1.807, 2.05) is 24.3 Å². The minimum absolute atomic E-state index is 0.385. The van der Waals surface area contributed by atoms with Crippen molar-refractivity contribution in [2.24, 2.45) is 0 Å². The van der Waals surface area contributed by atoms with Crippen LogP contribution in [0.5, 0.6) is 0 Å². The summed E-state index contributed by atoms with van der Waals surface area (Å²) in [6.45, 7) is 0. The normalized spacial score (nSPS) is 28.2. The molecule has 0 bridgehead atoms. The Bertz CT molecular complexity index is 254. The van der Waals surface area contributed by atoms with Gasteiger partial charge < -0.3 is 10.2 Å². The Morgan fingerprint density at radius 1 is 0.917 bits per heavy atom. The molecule has 0 aliphatic heterocycles. The molecule has 2 unspecified atom stereocenters. The van der Waals surface area contributed by atoms with Crippen molar-refractivity contribution in [3.63, 3.8) is 0 Å². The number of rotatable bonds is 0. The number of hydrogen-bond donors (Lipinski definition) is 2. The summed E-state index contributed by atoms with van der Waals surface area (Å²) in [7, 11) is 0. The highest BCUT2D eigenvalue weighted by Gasteiger charge is 2.23. The first kappa shape index (κ1) is 7.77. The number of fused-ring (bicyclic) bond motifs is 1. The molecule has 0 heterocycles. The molecule has 0 aromatic heterocycles. The average molecular weight is 164 g/mol. The fourth-order valence-electron chi connectivity index (χ4n) is 1.74. The van der Waals surface area contributed by atoms with Crippen molar-refractivity contribution in [1.82, 2.24) is 0 Å². The van der Waals surface area contributed by atoms with Gasteiger partial charge in [0, 0.05) is 0 Å². The summed E-state index contributed by atoms with van der Waals surface area (Å²) in [5.74, 6) is 0. The third-order valence-electron chi connectivity index (χ3n) is 2.43. The SMILES string of the molecule is OC1CCC(O)c2ccccc21. The van der Waals surface area contributed by atoms with Gasteiger partial charge in [0.25, 0.3) is 0 Å². The topological polar surface area (TPSA) is 40.5 Å². The highest BCUT2D eigenvalue weighted by molar-refractivity contribution is 5.32. The molecule has 1 aromatic rings. The number of hydrogen-bond acceptors (Lipinski definition) is 2. The molecule has 2 rings (SSSR count). The molecule has 0 saturated carbocycles. The quantitative estimate of drug-likeness (QED) is 0.610. The summed E-state index contributed by atoms with van der Waals surface area (Å²) in [4.78, 5) is 0. The second kappa shape index (κ2) is 2.88. The molecule has 0 amide bonds. The molecule has 1 aliphatic rings. The lowest BCUT2D eigenvalue weighted by Gasteiger charge is -2.25. The second-order valence-corrected chi connectivity index (χ2v) is 3.24. The second-order valence-electron chi connectivity index (χ2n) is 3.24. The van der Waals surface area contributed by atoms with E-state index in [9.17, 15) is 10.2 Å². The molecular weight excluding hydrogens is 152 g/mol. The van der Waals surface area contributed by atoms with Crippen LogP contribution in [0.4, 0.5) is 0 Å². The van der Waals surface area contributed by atoms with Gasteiger partial charge in [-0.2, -0.15) is 0 Å². The highest BCUT2D eigenvalue weighted by atomic mass is 16.3. The molecule has 2 heteroatoms. The first-order valence-corrected chi connectivity index (χ1v) is 4.24. The van der Waals surface area contributed by atoms with Gasteiger partial charge in [0.15, 0.2) is 0 Å². The maximum Gasteiger partial charge on any atom is 0.0794 e. The van der Waals surface area contributed by atoms with Gasteiger partial charge in [0.2, 0.25) is 0 Å². The van der Waals surface area contributed by atoms with Gasteiger partial charge in [-0.25, -0.2) is 0 Å². The Morgan fingerprint density at radius 2 is 1.33 bits per heavy atom. The largest absolute Gasteiger partial charge is 0.388 e. The summed E-state index contributed by atoms with van der Waals surface area (Å²) in [6.07, 6.45) is 0.560. The van der Waals surface area contributed by atoms with Gasteiger partial charge in [-0.15, -0.1) is 0 Å². The zero-order chi connectivity index (χ0) is 8.55. The summed E-state index contributed by atoms with van der Waals surface area (Å²) >= 11 is 0. The van der Waals surface area contributed by atoms with Crippen molar-refractivity contribution in [3.05, 3.63) is 35.4 Å². The van der Waals surface area contributed by atoms with Crippen molar-refractivity contribution in [3.8, 4) is 0 Å². The van der Waals surface area contributed by atoms with Crippen molar-refractivity contribution in [2.45, 2.75) is 25.0 Å². The predicted molar refractivity (Wildman–Crippen MR) is 45.6 cm³/mol. The smallest absolute Gasteiger partial charge is 0.0794 e. The molecule has 0 fully saturated rings. The lowest BCUT2D eigenvalue weighted by Crippen LogP contribution is -2.13. The number of aliphatic hydroxyl groups is 2. The molecule has 0 saturated heterocycles. The van der Waals surface area contributed by atoms with E-state index in [2.05, 4.69) is 0 Å². The molecular formula is C10H12O2. The Hall–Kier alpha value is -0.860. The maximum atomic E-state index is 9.57. The Balaban J connectivity index is 2.47. The van der Waals surface area contributed by atoms with Crippen LogP contribution >= 0.6 is 0 Å². The van der Waals surface area contributed by atoms with Crippen molar-refractivity contribution >= 4 is 0 Å². The van der Waals surface area contributed by atoms with Crippen LogP contribution in [0, 0.1) is 0 Å². The summed E-state index contributed by atoms with van der Waals surface area (Å²) in [6, 6.07) is 7.53. The standard InChI is InChI=1S/C10H12O2/c11-9-5-6-10(12)8-4-2-1-3-7(8)9/h1-4,9-12H,5-6H2. The van der Waals surface area contributed by atoms with Crippen LogP contribution in [0.1, 0.15) is 36.2 Å². The van der Waals surface area contributed by atoms with Gasteiger partial charge >= 0.3 is 0 Å². The van der Waals surface area contributed by atoms with Gasteiger partial charge in [0.1, 0.15) is 0 Å². The molecule has 64 valence electrons. The molecule has 12 heavy (non-hydrogen) atoms. The van der Waals surface area contributed by atoms with Crippen LogP contribution in [-0.2, 0) is 0 Å². The number of benzene rings is 1. The average Bonchev–Trinajstić information content (AvgIpc) is 2.12. The van der Waals surface area contributed by atoms with Crippen LogP contribution in [0.15, 0.2) is 24.3 Å². The Kier molecular flexibility index (Phi) is 1.87. The predicted octanol–water partition coefficient (Wildman–Crippen LogP) is 1.55. The van der Waals surface area contributed by atoms with Crippen LogP contribution in [0.25, 0.3) is 0 Å². The van der Waals surface area contributed by atoms with E-state index in [0.29, 0.717) is 12.8 Å². The summed E-state index contributed by atoms with van der Waals surface area (Å²) < 4.78 is 0. The van der Waals surface area contributed by atoms with Crippen molar-refractivity contribution in [2.75, 3.05) is 0 Å². The summed E-state index contributed by atoms with van der Waals surface area (Å²) in [5.41, 5.74) is 1.77. The molecule has 2 N–H and O–H groups in total. The van der Waals surface area contributed by atoms with Gasteiger partial charge in [-0.05, 0) is 24.0 Å². The van der Waals surface area contributed by atoms with E-state index in [1.54, 1.807) is 0 Å². The van der Waals surface area contributed by atoms with Gasteiger partial charge in [0.05, 0.1) is 12.2 Å². The molecule has 2 nitrogen and oxygen atoms in total. The highest BCUT2D eigenvalue weighted by Crippen LogP contribution is 2.35. The van der Waals surface area contributed by atoms with E-state index in [-0.39, 0.29) is 12.2 Å². The van der Waals surface area contributed by atoms with E-state index < -0.39 is 0 Å². The van der Waals surface area contributed by atoms with Gasteiger partial charge in [-0.3, -0.25) is 0 Å².